The number of ether oxygens (including phenoxy) is 1. The molecule has 1 heterocycles. The van der Waals surface area contributed by atoms with Crippen LogP contribution in [-0.2, 0) is 4.74 Å². The highest BCUT2D eigenvalue weighted by atomic mass is 16.5. The van der Waals surface area contributed by atoms with E-state index < -0.39 is 5.97 Å². The Kier molecular flexibility index (Phi) is 6.27. The molecule has 1 aromatic heterocycles. The molecule has 25 heavy (non-hydrogen) atoms. The number of benzene rings is 1. The Labute approximate surface area is 146 Å². The summed E-state index contributed by atoms with van der Waals surface area (Å²) >= 11 is 0. The molecule has 2 amide bonds. The Morgan fingerprint density at radius 2 is 1.76 bits per heavy atom. The van der Waals surface area contributed by atoms with Crippen LogP contribution in [0.3, 0.4) is 0 Å². The standard InChI is InChI=1S/C17H21N5O3/c1-4-25-16(23)12-7-5-6-8-13(12)19-14-9-10-15(22-21-14)20-17(24)18-11(2)3/h5-11H,4H2,1-3H3,(H,19,21)(H2,18,20,22,24). The fourth-order valence-electron chi connectivity index (χ4n) is 2.00. The first kappa shape index (κ1) is 18.2. The van der Waals surface area contributed by atoms with E-state index in [-0.39, 0.29) is 12.1 Å². The maximum atomic E-state index is 12.0. The minimum atomic E-state index is -0.415. The highest BCUT2D eigenvalue weighted by molar-refractivity contribution is 5.96. The largest absolute Gasteiger partial charge is 0.462 e. The summed E-state index contributed by atoms with van der Waals surface area (Å²) in [6.45, 7) is 5.77. The van der Waals surface area contributed by atoms with Crippen molar-refractivity contribution >= 4 is 29.3 Å². The van der Waals surface area contributed by atoms with Crippen LogP contribution >= 0.6 is 0 Å². The van der Waals surface area contributed by atoms with E-state index in [1.165, 1.54) is 0 Å². The van der Waals surface area contributed by atoms with Gasteiger partial charge in [0.15, 0.2) is 11.6 Å². The highest BCUT2D eigenvalue weighted by Crippen LogP contribution is 2.20. The number of anilines is 3. The van der Waals surface area contributed by atoms with E-state index in [9.17, 15) is 9.59 Å². The zero-order valence-corrected chi connectivity index (χ0v) is 14.4. The van der Waals surface area contributed by atoms with Gasteiger partial charge in [-0.15, -0.1) is 10.2 Å². The Bertz CT molecular complexity index is 731. The molecule has 2 rings (SSSR count). The molecule has 0 bridgehead atoms. The number of nitrogens with zero attached hydrogens (tertiary/aromatic N) is 2. The minimum Gasteiger partial charge on any atom is -0.462 e. The fraction of sp³-hybridized carbons (Fsp3) is 0.294. The second-order valence-electron chi connectivity index (χ2n) is 5.45. The predicted molar refractivity (Wildman–Crippen MR) is 95.0 cm³/mol. The molecule has 1 aromatic carbocycles. The molecule has 0 spiro atoms. The SMILES string of the molecule is CCOC(=O)c1ccccc1Nc1ccc(NC(=O)NC(C)C)nn1. The number of amides is 2. The van der Waals surface area contributed by atoms with Crippen molar-refractivity contribution < 1.29 is 14.3 Å². The van der Waals surface area contributed by atoms with Crippen molar-refractivity contribution in [3.8, 4) is 0 Å². The van der Waals surface area contributed by atoms with Crippen LogP contribution in [0.1, 0.15) is 31.1 Å². The van der Waals surface area contributed by atoms with Gasteiger partial charge < -0.3 is 15.4 Å². The number of urea groups is 1. The Morgan fingerprint density at radius 1 is 1.08 bits per heavy atom. The third kappa shape index (κ3) is 5.45. The smallest absolute Gasteiger partial charge is 0.340 e. The van der Waals surface area contributed by atoms with Gasteiger partial charge in [0.1, 0.15) is 0 Å². The van der Waals surface area contributed by atoms with E-state index >= 15 is 0 Å². The second kappa shape index (κ2) is 8.62. The maximum Gasteiger partial charge on any atom is 0.340 e. The molecule has 8 nitrogen and oxygen atoms in total. The third-order valence-electron chi connectivity index (χ3n) is 3.01. The average molecular weight is 343 g/mol. The summed E-state index contributed by atoms with van der Waals surface area (Å²) in [4.78, 5) is 23.6. The van der Waals surface area contributed by atoms with E-state index in [0.29, 0.717) is 29.5 Å². The van der Waals surface area contributed by atoms with Gasteiger partial charge in [0.2, 0.25) is 0 Å². The lowest BCUT2D eigenvalue weighted by molar-refractivity contribution is 0.0527. The van der Waals surface area contributed by atoms with Crippen LogP contribution in [0.15, 0.2) is 36.4 Å². The molecule has 0 fully saturated rings. The fourth-order valence-corrected chi connectivity index (χ4v) is 2.00. The minimum absolute atomic E-state index is 0.0216. The summed E-state index contributed by atoms with van der Waals surface area (Å²) in [5, 5.41) is 16.2. The molecule has 0 atom stereocenters. The van der Waals surface area contributed by atoms with E-state index in [1.807, 2.05) is 13.8 Å². The molecule has 0 aliphatic rings. The molecule has 0 saturated heterocycles. The molecule has 132 valence electrons. The Hall–Kier alpha value is -3.16. The zero-order chi connectivity index (χ0) is 18.2. The van der Waals surface area contributed by atoms with Crippen molar-refractivity contribution in [3.63, 3.8) is 0 Å². The molecule has 0 saturated carbocycles. The quantitative estimate of drug-likeness (QED) is 0.697. The summed E-state index contributed by atoms with van der Waals surface area (Å²) < 4.78 is 5.03. The number of para-hydroxylation sites is 1. The van der Waals surface area contributed by atoms with E-state index in [1.54, 1.807) is 43.3 Å². The third-order valence-corrected chi connectivity index (χ3v) is 3.01. The first-order chi connectivity index (χ1) is 12.0. The van der Waals surface area contributed by atoms with Crippen molar-refractivity contribution in [2.75, 3.05) is 17.2 Å². The lowest BCUT2D eigenvalue weighted by atomic mass is 10.2. The summed E-state index contributed by atoms with van der Waals surface area (Å²) in [5.41, 5.74) is 0.971. The molecule has 0 unspecified atom stereocenters. The molecule has 0 aliphatic carbocycles. The summed E-state index contributed by atoms with van der Waals surface area (Å²) in [7, 11) is 0. The highest BCUT2D eigenvalue weighted by Gasteiger charge is 2.12. The average Bonchev–Trinajstić information content (AvgIpc) is 2.56. The number of carbonyl (C=O) groups excluding carboxylic acids is 2. The number of hydrogen-bond acceptors (Lipinski definition) is 6. The summed E-state index contributed by atoms with van der Waals surface area (Å²) in [6, 6.07) is 9.90. The van der Waals surface area contributed by atoms with E-state index in [2.05, 4.69) is 26.1 Å². The number of carbonyl (C=O) groups is 2. The first-order valence-electron chi connectivity index (χ1n) is 7.94. The number of rotatable bonds is 6. The van der Waals surface area contributed by atoms with Crippen LogP contribution in [0.25, 0.3) is 0 Å². The van der Waals surface area contributed by atoms with Crippen molar-refractivity contribution in [2.24, 2.45) is 0 Å². The molecule has 2 aromatic rings. The number of esters is 1. The van der Waals surface area contributed by atoms with Crippen molar-refractivity contribution in [2.45, 2.75) is 26.8 Å². The lowest BCUT2D eigenvalue weighted by Crippen LogP contribution is -2.34. The van der Waals surface area contributed by atoms with Gasteiger partial charge >= 0.3 is 12.0 Å². The summed E-state index contributed by atoms with van der Waals surface area (Å²) in [6.07, 6.45) is 0. The van der Waals surface area contributed by atoms with Gasteiger partial charge in [0, 0.05) is 6.04 Å². The van der Waals surface area contributed by atoms with Crippen LogP contribution in [0.5, 0.6) is 0 Å². The van der Waals surface area contributed by atoms with E-state index in [4.69, 9.17) is 4.74 Å². The molecule has 0 aliphatic heterocycles. The van der Waals surface area contributed by atoms with Gasteiger partial charge in [0.25, 0.3) is 0 Å². The second-order valence-corrected chi connectivity index (χ2v) is 5.45. The van der Waals surface area contributed by atoms with Gasteiger partial charge in [-0.2, -0.15) is 0 Å². The monoisotopic (exact) mass is 343 g/mol. The normalized spacial score (nSPS) is 10.2. The van der Waals surface area contributed by atoms with E-state index in [0.717, 1.165) is 0 Å². The topological polar surface area (TPSA) is 105 Å². The summed E-state index contributed by atoms with van der Waals surface area (Å²) in [5.74, 6) is 0.344. The van der Waals surface area contributed by atoms with Crippen molar-refractivity contribution in [1.29, 1.82) is 0 Å². The Morgan fingerprint density at radius 3 is 2.40 bits per heavy atom. The van der Waals surface area contributed by atoms with Crippen LogP contribution < -0.4 is 16.0 Å². The van der Waals surface area contributed by atoms with Gasteiger partial charge in [-0.1, -0.05) is 12.1 Å². The van der Waals surface area contributed by atoms with Crippen LogP contribution in [0.2, 0.25) is 0 Å². The van der Waals surface area contributed by atoms with Gasteiger partial charge in [-0.3, -0.25) is 5.32 Å². The zero-order valence-electron chi connectivity index (χ0n) is 14.4. The van der Waals surface area contributed by atoms with Gasteiger partial charge in [-0.25, -0.2) is 9.59 Å². The number of aromatic nitrogens is 2. The maximum absolute atomic E-state index is 12.0. The van der Waals surface area contributed by atoms with Gasteiger partial charge in [-0.05, 0) is 45.0 Å². The first-order valence-corrected chi connectivity index (χ1v) is 7.94. The number of nitrogens with one attached hydrogen (secondary N) is 3. The van der Waals surface area contributed by atoms with Crippen molar-refractivity contribution in [1.82, 2.24) is 15.5 Å². The van der Waals surface area contributed by atoms with Crippen LogP contribution in [0.4, 0.5) is 22.1 Å². The Balaban J connectivity index is 2.07. The van der Waals surface area contributed by atoms with Crippen LogP contribution in [0, 0.1) is 0 Å². The predicted octanol–water partition coefficient (Wildman–Crippen LogP) is 2.93. The van der Waals surface area contributed by atoms with Crippen molar-refractivity contribution in [3.05, 3.63) is 42.0 Å². The number of hydrogen-bond donors (Lipinski definition) is 3. The lowest BCUT2D eigenvalue weighted by Gasteiger charge is -2.11. The van der Waals surface area contributed by atoms with Crippen LogP contribution in [-0.4, -0.2) is 34.8 Å². The molecule has 0 radical (unpaired) electrons. The molecule has 3 N–H and O–H groups in total. The van der Waals surface area contributed by atoms with Gasteiger partial charge in [0.05, 0.1) is 17.9 Å². The molecule has 8 heteroatoms. The molecular weight excluding hydrogens is 322 g/mol. The molecular formula is C17H21N5O3.